The minimum Gasteiger partial charge on any atom is -0.293 e. The summed E-state index contributed by atoms with van der Waals surface area (Å²) in [6.45, 7) is 1.46. The van der Waals surface area contributed by atoms with Crippen LogP contribution in [0.4, 0.5) is 0 Å². The number of aromatic nitrogens is 3. The Hall–Kier alpha value is -1.42. The molecule has 0 bridgehead atoms. The number of Topliss-reactive ketones (excluding diaryl/α,β-unsaturated/α-hetero) is 1. The number of hydrogen-bond donors (Lipinski definition) is 0. The van der Waals surface area contributed by atoms with Gasteiger partial charge in [0.05, 0.1) is 6.20 Å². The number of ketones is 1. The van der Waals surface area contributed by atoms with Gasteiger partial charge in [0.1, 0.15) is 5.69 Å². The van der Waals surface area contributed by atoms with E-state index in [2.05, 4.69) is 10.1 Å². The Morgan fingerprint density at radius 1 is 1.54 bits per heavy atom. The second-order valence-electron chi connectivity index (χ2n) is 2.63. The van der Waals surface area contributed by atoms with Crippen molar-refractivity contribution >= 4 is 23.0 Å². The van der Waals surface area contributed by atoms with Crippen molar-refractivity contribution in [2.45, 2.75) is 6.92 Å². The molecule has 0 fully saturated rings. The maximum atomic E-state index is 11.0. The molecule has 0 N–H and O–H groups in total. The Kier molecular flexibility index (Phi) is 1.77. The molecule has 0 saturated carbocycles. The van der Waals surface area contributed by atoms with Crippen LogP contribution in [0.3, 0.4) is 0 Å². The molecule has 13 heavy (non-hydrogen) atoms. The lowest BCUT2D eigenvalue weighted by Crippen LogP contribution is -2.01. The number of carbonyl (C=O) groups excluding carboxylic acids is 1. The zero-order valence-electron chi connectivity index (χ0n) is 6.86. The molecule has 2 heterocycles. The van der Waals surface area contributed by atoms with Gasteiger partial charge in [0.15, 0.2) is 16.6 Å². The van der Waals surface area contributed by atoms with E-state index in [0.29, 0.717) is 16.5 Å². The normalized spacial score (nSPS) is 10.6. The van der Waals surface area contributed by atoms with Gasteiger partial charge in [0.25, 0.3) is 0 Å². The fourth-order valence-electron chi connectivity index (χ4n) is 1.03. The number of nitrogens with zero attached hydrogens (tertiary/aromatic N) is 3. The summed E-state index contributed by atoms with van der Waals surface area (Å²) >= 11 is 5.78. The highest BCUT2D eigenvalue weighted by Crippen LogP contribution is 2.10. The van der Waals surface area contributed by atoms with Gasteiger partial charge in [-0.2, -0.15) is 5.10 Å². The Morgan fingerprint density at radius 3 is 3.00 bits per heavy atom. The maximum absolute atomic E-state index is 11.0. The number of fused-ring (bicyclic) bond motifs is 1. The zero-order valence-corrected chi connectivity index (χ0v) is 7.62. The third-order valence-corrected chi connectivity index (χ3v) is 1.94. The van der Waals surface area contributed by atoms with Crippen LogP contribution in [-0.2, 0) is 0 Å². The molecule has 0 spiro atoms. The summed E-state index contributed by atoms with van der Waals surface area (Å²) in [5, 5.41) is 4.41. The molecule has 4 nitrogen and oxygen atoms in total. The first-order valence-electron chi connectivity index (χ1n) is 3.70. The third-order valence-electron chi connectivity index (χ3n) is 1.68. The molecular formula is C8H6ClN3O. The van der Waals surface area contributed by atoms with Crippen LogP contribution in [0.25, 0.3) is 5.65 Å². The first kappa shape index (κ1) is 8.19. The number of rotatable bonds is 1. The summed E-state index contributed by atoms with van der Waals surface area (Å²) in [5.41, 5.74) is 1.02. The zero-order chi connectivity index (χ0) is 9.42. The number of carbonyl (C=O) groups is 1. The molecule has 0 amide bonds. The van der Waals surface area contributed by atoms with Crippen LogP contribution >= 0.6 is 11.6 Å². The summed E-state index contributed by atoms with van der Waals surface area (Å²) in [7, 11) is 0. The van der Waals surface area contributed by atoms with Crippen LogP contribution in [0, 0.1) is 0 Å². The van der Waals surface area contributed by atoms with Crippen molar-refractivity contribution in [1.82, 2.24) is 14.6 Å². The molecule has 66 valence electrons. The highest BCUT2D eigenvalue weighted by molar-refractivity contribution is 6.29. The standard InChI is InChI=1S/C8H6ClN3O/c1-5(13)6-2-3-8-10-4-7(9)12(8)11-6/h2-4H,1H3. The summed E-state index contributed by atoms with van der Waals surface area (Å²) in [4.78, 5) is 15.0. The van der Waals surface area contributed by atoms with Gasteiger partial charge in [-0.25, -0.2) is 9.50 Å². The predicted octanol–water partition coefficient (Wildman–Crippen LogP) is 1.59. The Morgan fingerprint density at radius 2 is 2.31 bits per heavy atom. The van der Waals surface area contributed by atoms with Gasteiger partial charge in [0, 0.05) is 6.92 Å². The van der Waals surface area contributed by atoms with Gasteiger partial charge in [-0.1, -0.05) is 11.6 Å². The fraction of sp³-hybridized carbons (Fsp3) is 0.125. The smallest absolute Gasteiger partial charge is 0.179 e. The van der Waals surface area contributed by atoms with E-state index in [1.165, 1.54) is 17.6 Å². The number of hydrogen-bond acceptors (Lipinski definition) is 3. The maximum Gasteiger partial charge on any atom is 0.179 e. The first-order chi connectivity index (χ1) is 6.18. The predicted molar refractivity (Wildman–Crippen MR) is 48.0 cm³/mol. The van der Waals surface area contributed by atoms with E-state index in [-0.39, 0.29) is 5.78 Å². The van der Waals surface area contributed by atoms with Crippen LogP contribution in [0.1, 0.15) is 17.4 Å². The summed E-state index contributed by atoms with van der Waals surface area (Å²) in [5.74, 6) is -0.0910. The van der Waals surface area contributed by atoms with E-state index in [9.17, 15) is 4.79 Å². The van der Waals surface area contributed by atoms with Crippen LogP contribution in [0.2, 0.25) is 5.15 Å². The van der Waals surface area contributed by atoms with Crippen LogP contribution in [0.15, 0.2) is 18.3 Å². The Bertz CT molecular complexity index is 477. The van der Waals surface area contributed by atoms with Gasteiger partial charge >= 0.3 is 0 Å². The van der Waals surface area contributed by atoms with Gasteiger partial charge in [-0.3, -0.25) is 4.79 Å². The van der Waals surface area contributed by atoms with Crippen molar-refractivity contribution in [2.75, 3.05) is 0 Å². The van der Waals surface area contributed by atoms with Crippen molar-refractivity contribution in [3.63, 3.8) is 0 Å². The van der Waals surface area contributed by atoms with Crippen molar-refractivity contribution in [3.05, 3.63) is 29.2 Å². The van der Waals surface area contributed by atoms with E-state index in [1.807, 2.05) is 0 Å². The van der Waals surface area contributed by atoms with E-state index in [4.69, 9.17) is 11.6 Å². The fourth-order valence-corrected chi connectivity index (χ4v) is 1.21. The Labute approximate surface area is 79.2 Å². The highest BCUT2D eigenvalue weighted by atomic mass is 35.5. The summed E-state index contributed by atoms with van der Waals surface area (Å²) in [6, 6.07) is 3.33. The monoisotopic (exact) mass is 195 g/mol. The van der Waals surface area contributed by atoms with E-state index >= 15 is 0 Å². The number of halogens is 1. The lowest BCUT2D eigenvalue weighted by molar-refractivity contribution is 0.101. The van der Waals surface area contributed by atoms with Gasteiger partial charge in [-0.15, -0.1) is 0 Å². The van der Waals surface area contributed by atoms with Gasteiger partial charge < -0.3 is 0 Å². The molecule has 0 saturated heterocycles. The molecule has 5 heteroatoms. The molecule has 2 aromatic heterocycles. The molecule has 0 radical (unpaired) electrons. The van der Waals surface area contributed by atoms with Crippen LogP contribution in [0.5, 0.6) is 0 Å². The largest absolute Gasteiger partial charge is 0.293 e. The summed E-state index contributed by atoms with van der Waals surface area (Å²) in [6.07, 6.45) is 1.49. The molecule has 0 aliphatic rings. The second kappa shape index (κ2) is 2.81. The average molecular weight is 196 g/mol. The first-order valence-corrected chi connectivity index (χ1v) is 4.07. The second-order valence-corrected chi connectivity index (χ2v) is 3.01. The SMILES string of the molecule is CC(=O)c1ccc2ncc(Cl)n2n1. The molecule has 0 aliphatic heterocycles. The average Bonchev–Trinajstić information content (AvgIpc) is 2.47. The van der Waals surface area contributed by atoms with E-state index in [0.717, 1.165) is 0 Å². The molecule has 2 rings (SSSR count). The quantitative estimate of drug-likeness (QED) is 0.650. The van der Waals surface area contributed by atoms with Crippen molar-refractivity contribution in [3.8, 4) is 0 Å². The molecule has 0 aromatic carbocycles. The van der Waals surface area contributed by atoms with E-state index < -0.39 is 0 Å². The van der Waals surface area contributed by atoms with Crippen molar-refractivity contribution in [1.29, 1.82) is 0 Å². The molecule has 0 atom stereocenters. The van der Waals surface area contributed by atoms with Crippen LogP contribution < -0.4 is 0 Å². The summed E-state index contributed by atoms with van der Waals surface area (Å²) < 4.78 is 1.43. The Balaban J connectivity index is 2.72. The van der Waals surface area contributed by atoms with E-state index in [1.54, 1.807) is 12.1 Å². The van der Waals surface area contributed by atoms with Crippen molar-refractivity contribution in [2.24, 2.45) is 0 Å². The molecule has 0 unspecified atom stereocenters. The van der Waals surface area contributed by atoms with Gasteiger partial charge in [0.2, 0.25) is 0 Å². The minimum atomic E-state index is -0.0910. The minimum absolute atomic E-state index is 0.0910. The molecule has 0 aliphatic carbocycles. The number of imidazole rings is 1. The lowest BCUT2D eigenvalue weighted by atomic mass is 10.3. The van der Waals surface area contributed by atoms with Gasteiger partial charge in [-0.05, 0) is 12.1 Å². The topological polar surface area (TPSA) is 47.3 Å². The third kappa shape index (κ3) is 1.29. The molecule has 2 aromatic rings. The van der Waals surface area contributed by atoms with Crippen molar-refractivity contribution < 1.29 is 4.79 Å². The highest BCUT2D eigenvalue weighted by Gasteiger charge is 2.05. The molecular weight excluding hydrogens is 190 g/mol. The lowest BCUT2D eigenvalue weighted by Gasteiger charge is -1.96. The van der Waals surface area contributed by atoms with Crippen LogP contribution in [-0.4, -0.2) is 20.4 Å².